The SMILES string of the molecule is Cc1cc(SCCN(C)C)c([C@H](C)O)cc1F. The highest BCUT2D eigenvalue weighted by molar-refractivity contribution is 7.99. The van der Waals surface area contributed by atoms with E-state index in [9.17, 15) is 9.50 Å². The minimum absolute atomic E-state index is 0.252. The number of aryl methyl sites for hydroxylation is 1. The normalized spacial score (nSPS) is 13.1. The van der Waals surface area contributed by atoms with Gasteiger partial charge in [0.05, 0.1) is 6.10 Å². The molecule has 0 aromatic heterocycles. The van der Waals surface area contributed by atoms with Crippen LogP contribution >= 0.6 is 11.8 Å². The van der Waals surface area contributed by atoms with Gasteiger partial charge < -0.3 is 10.0 Å². The predicted molar refractivity (Wildman–Crippen MR) is 71.0 cm³/mol. The number of halogens is 1. The van der Waals surface area contributed by atoms with Crippen molar-refractivity contribution in [3.63, 3.8) is 0 Å². The molecule has 0 saturated carbocycles. The molecule has 0 heterocycles. The van der Waals surface area contributed by atoms with Gasteiger partial charge in [-0.25, -0.2) is 4.39 Å². The number of nitrogens with zero attached hydrogens (tertiary/aromatic N) is 1. The van der Waals surface area contributed by atoms with Crippen molar-refractivity contribution in [3.8, 4) is 0 Å². The van der Waals surface area contributed by atoms with Crippen molar-refractivity contribution in [2.24, 2.45) is 0 Å². The molecule has 96 valence electrons. The van der Waals surface area contributed by atoms with Crippen LogP contribution in [0.3, 0.4) is 0 Å². The fraction of sp³-hybridized carbons (Fsp3) is 0.538. The van der Waals surface area contributed by atoms with E-state index in [1.54, 1.807) is 25.6 Å². The first kappa shape index (κ1) is 14.5. The first-order valence-corrected chi connectivity index (χ1v) is 6.66. The number of benzene rings is 1. The summed E-state index contributed by atoms with van der Waals surface area (Å²) in [5, 5.41) is 9.64. The second-order valence-electron chi connectivity index (χ2n) is 4.47. The Morgan fingerprint density at radius 3 is 2.59 bits per heavy atom. The van der Waals surface area contributed by atoms with Gasteiger partial charge in [-0.15, -0.1) is 11.8 Å². The summed E-state index contributed by atoms with van der Waals surface area (Å²) in [5.41, 5.74) is 1.30. The van der Waals surface area contributed by atoms with Gasteiger partial charge in [0.2, 0.25) is 0 Å². The summed E-state index contributed by atoms with van der Waals surface area (Å²) in [5.74, 6) is 0.676. The Hall–Kier alpha value is -0.580. The topological polar surface area (TPSA) is 23.5 Å². The van der Waals surface area contributed by atoms with Crippen LogP contribution in [-0.4, -0.2) is 36.4 Å². The lowest BCUT2D eigenvalue weighted by atomic mass is 10.1. The highest BCUT2D eigenvalue weighted by atomic mass is 32.2. The van der Waals surface area contributed by atoms with E-state index in [1.165, 1.54) is 6.07 Å². The number of thioether (sulfide) groups is 1. The van der Waals surface area contributed by atoms with Crippen LogP contribution in [0.1, 0.15) is 24.2 Å². The van der Waals surface area contributed by atoms with Gasteiger partial charge in [0.25, 0.3) is 0 Å². The fourth-order valence-corrected chi connectivity index (χ4v) is 2.79. The maximum Gasteiger partial charge on any atom is 0.126 e. The summed E-state index contributed by atoms with van der Waals surface area (Å²) < 4.78 is 13.4. The van der Waals surface area contributed by atoms with Crippen molar-refractivity contribution < 1.29 is 9.50 Å². The third-order valence-corrected chi connectivity index (χ3v) is 3.59. The van der Waals surface area contributed by atoms with Crippen LogP contribution in [0.2, 0.25) is 0 Å². The summed E-state index contributed by atoms with van der Waals surface area (Å²) in [4.78, 5) is 3.08. The molecule has 0 fully saturated rings. The van der Waals surface area contributed by atoms with Gasteiger partial charge in [-0.3, -0.25) is 0 Å². The Morgan fingerprint density at radius 1 is 1.41 bits per heavy atom. The Labute approximate surface area is 107 Å². The number of aliphatic hydroxyl groups is 1. The maximum absolute atomic E-state index is 13.4. The van der Waals surface area contributed by atoms with Crippen molar-refractivity contribution in [2.45, 2.75) is 24.8 Å². The standard InChI is InChI=1S/C13H20FNOS/c1-9-7-13(17-6-5-15(3)4)11(10(2)16)8-12(9)14/h7-8,10,16H,5-6H2,1-4H3/t10-/m0/s1. The lowest BCUT2D eigenvalue weighted by molar-refractivity contribution is 0.196. The summed E-state index contributed by atoms with van der Waals surface area (Å²) >= 11 is 1.66. The summed E-state index contributed by atoms with van der Waals surface area (Å²) in [7, 11) is 4.04. The number of hydrogen-bond acceptors (Lipinski definition) is 3. The Kier molecular flexibility index (Phi) is 5.43. The third kappa shape index (κ3) is 4.30. The van der Waals surface area contributed by atoms with Crippen LogP contribution in [0, 0.1) is 12.7 Å². The zero-order valence-corrected chi connectivity index (χ0v) is 11.6. The number of hydrogen-bond donors (Lipinski definition) is 1. The van der Waals surface area contributed by atoms with E-state index in [2.05, 4.69) is 4.90 Å². The highest BCUT2D eigenvalue weighted by Crippen LogP contribution is 2.29. The largest absolute Gasteiger partial charge is 0.389 e. The molecule has 17 heavy (non-hydrogen) atoms. The second kappa shape index (κ2) is 6.38. The van der Waals surface area contributed by atoms with Gasteiger partial charge in [-0.05, 0) is 51.2 Å². The van der Waals surface area contributed by atoms with Crippen molar-refractivity contribution in [1.82, 2.24) is 4.90 Å². The van der Waals surface area contributed by atoms with Gasteiger partial charge in [0.1, 0.15) is 5.82 Å². The van der Waals surface area contributed by atoms with Crippen LogP contribution in [0.4, 0.5) is 4.39 Å². The zero-order chi connectivity index (χ0) is 13.0. The smallest absolute Gasteiger partial charge is 0.126 e. The fourth-order valence-electron chi connectivity index (χ4n) is 1.46. The van der Waals surface area contributed by atoms with Gasteiger partial charge in [0, 0.05) is 17.2 Å². The average Bonchev–Trinajstić information content (AvgIpc) is 2.22. The van der Waals surface area contributed by atoms with Crippen molar-refractivity contribution >= 4 is 11.8 Å². The van der Waals surface area contributed by atoms with Gasteiger partial charge >= 0.3 is 0 Å². The molecular weight excluding hydrogens is 237 g/mol. The number of rotatable bonds is 5. The molecule has 0 bridgehead atoms. The van der Waals surface area contributed by atoms with E-state index in [4.69, 9.17) is 0 Å². The maximum atomic E-state index is 13.4. The van der Waals surface area contributed by atoms with E-state index in [-0.39, 0.29) is 5.82 Å². The molecule has 2 nitrogen and oxygen atoms in total. The lowest BCUT2D eigenvalue weighted by Crippen LogP contribution is -2.14. The van der Waals surface area contributed by atoms with Crippen LogP contribution in [0.15, 0.2) is 17.0 Å². The van der Waals surface area contributed by atoms with Crippen LogP contribution in [-0.2, 0) is 0 Å². The molecule has 4 heteroatoms. The van der Waals surface area contributed by atoms with E-state index in [0.717, 1.165) is 17.2 Å². The molecule has 0 spiro atoms. The molecule has 1 aromatic carbocycles. The third-order valence-electron chi connectivity index (χ3n) is 2.54. The lowest BCUT2D eigenvalue weighted by Gasteiger charge is -2.14. The first-order chi connectivity index (χ1) is 7.91. The first-order valence-electron chi connectivity index (χ1n) is 5.67. The Morgan fingerprint density at radius 2 is 2.06 bits per heavy atom. The number of aliphatic hydroxyl groups excluding tert-OH is 1. The van der Waals surface area contributed by atoms with E-state index in [1.807, 2.05) is 20.2 Å². The zero-order valence-electron chi connectivity index (χ0n) is 10.8. The molecule has 1 rings (SSSR count). The molecule has 0 unspecified atom stereocenters. The average molecular weight is 257 g/mol. The molecule has 0 aliphatic heterocycles. The van der Waals surface area contributed by atoms with Crippen LogP contribution in [0.5, 0.6) is 0 Å². The minimum Gasteiger partial charge on any atom is -0.389 e. The van der Waals surface area contributed by atoms with E-state index >= 15 is 0 Å². The monoisotopic (exact) mass is 257 g/mol. The molecule has 1 N–H and O–H groups in total. The highest BCUT2D eigenvalue weighted by Gasteiger charge is 2.12. The molecular formula is C13H20FNOS. The summed E-state index contributed by atoms with van der Waals surface area (Å²) in [6, 6.07) is 3.26. The molecule has 1 aromatic rings. The van der Waals surface area contributed by atoms with Crippen LogP contribution in [0.25, 0.3) is 0 Å². The van der Waals surface area contributed by atoms with Gasteiger partial charge in [0.15, 0.2) is 0 Å². The molecule has 0 amide bonds. The van der Waals surface area contributed by atoms with Gasteiger partial charge in [-0.2, -0.15) is 0 Å². The quantitative estimate of drug-likeness (QED) is 0.821. The second-order valence-corrected chi connectivity index (χ2v) is 5.60. The van der Waals surface area contributed by atoms with Crippen molar-refractivity contribution in [2.75, 3.05) is 26.4 Å². The van der Waals surface area contributed by atoms with Crippen molar-refractivity contribution in [3.05, 3.63) is 29.1 Å². The molecule has 0 saturated heterocycles. The Bertz CT molecular complexity index is 380. The summed E-state index contributed by atoms with van der Waals surface area (Å²) in [6.07, 6.45) is -0.632. The van der Waals surface area contributed by atoms with Crippen LogP contribution < -0.4 is 0 Å². The van der Waals surface area contributed by atoms with E-state index < -0.39 is 6.10 Å². The predicted octanol–water partition coefficient (Wildman–Crippen LogP) is 2.84. The Balaban J connectivity index is 2.85. The molecule has 0 aliphatic rings. The minimum atomic E-state index is -0.632. The van der Waals surface area contributed by atoms with Gasteiger partial charge in [-0.1, -0.05) is 0 Å². The molecule has 0 radical (unpaired) electrons. The molecule has 0 aliphatic carbocycles. The van der Waals surface area contributed by atoms with Crippen molar-refractivity contribution in [1.29, 1.82) is 0 Å². The molecule has 1 atom stereocenters. The van der Waals surface area contributed by atoms with E-state index in [0.29, 0.717) is 11.1 Å². The summed E-state index contributed by atoms with van der Waals surface area (Å²) in [6.45, 7) is 4.37.